The molecule has 0 bridgehead atoms. The highest BCUT2D eigenvalue weighted by molar-refractivity contribution is 14.1. The standard InChI is InChI=1S/C10H6ClIO/c11-10(8-13,6-7-12)9-4-2-1-3-5-9/h1-5,8H. The molecule has 1 aromatic carbocycles. The highest BCUT2D eigenvalue weighted by atomic mass is 127. The van der Waals surface area contributed by atoms with Crippen LogP contribution in [0, 0.1) is 9.85 Å². The highest BCUT2D eigenvalue weighted by Crippen LogP contribution is 2.25. The molecule has 1 unspecified atom stereocenters. The van der Waals surface area contributed by atoms with E-state index in [0.29, 0.717) is 11.8 Å². The molecule has 0 aliphatic carbocycles. The van der Waals surface area contributed by atoms with Crippen molar-refractivity contribution in [1.82, 2.24) is 0 Å². The first-order chi connectivity index (χ1) is 6.23. The second-order valence-electron chi connectivity index (χ2n) is 2.42. The quantitative estimate of drug-likeness (QED) is 0.355. The Kier molecular flexibility index (Phi) is 3.76. The molecule has 0 radical (unpaired) electrons. The van der Waals surface area contributed by atoms with Gasteiger partial charge in [-0.15, -0.1) is 0 Å². The molecule has 3 heteroatoms. The summed E-state index contributed by atoms with van der Waals surface area (Å²) in [5.41, 5.74) is 0.704. The number of rotatable bonds is 2. The van der Waals surface area contributed by atoms with Crippen molar-refractivity contribution in [1.29, 1.82) is 0 Å². The Morgan fingerprint density at radius 3 is 2.46 bits per heavy atom. The summed E-state index contributed by atoms with van der Waals surface area (Å²) in [6.45, 7) is 0. The van der Waals surface area contributed by atoms with E-state index in [1.165, 1.54) is 0 Å². The maximum Gasteiger partial charge on any atom is 0.185 e. The lowest BCUT2D eigenvalue weighted by molar-refractivity contribution is -0.109. The fourth-order valence-electron chi connectivity index (χ4n) is 0.919. The van der Waals surface area contributed by atoms with Gasteiger partial charge in [-0.2, -0.15) is 0 Å². The molecule has 0 saturated carbocycles. The smallest absolute Gasteiger partial charge is 0.185 e. The van der Waals surface area contributed by atoms with Crippen molar-refractivity contribution in [2.24, 2.45) is 0 Å². The average molecular weight is 305 g/mol. The van der Waals surface area contributed by atoms with Crippen LogP contribution in [-0.4, -0.2) is 6.29 Å². The number of hydrogen-bond acceptors (Lipinski definition) is 1. The number of aldehydes is 1. The van der Waals surface area contributed by atoms with Gasteiger partial charge in [0, 0.05) is 22.6 Å². The second kappa shape index (κ2) is 4.64. The monoisotopic (exact) mass is 304 g/mol. The Hall–Kier alpha value is -0.530. The molecule has 0 aliphatic heterocycles. The van der Waals surface area contributed by atoms with Gasteiger partial charge < -0.3 is 0 Å². The molecule has 13 heavy (non-hydrogen) atoms. The Labute approximate surface area is 95.6 Å². The molecule has 0 amide bonds. The predicted octanol–water partition coefficient (Wildman–Crippen LogP) is 2.72. The van der Waals surface area contributed by atoms with E-state index in [9.17, 15) is 4.79 Å². The average Bonchev–Trinajstić information content (AvgIpc) is 2.19. The van der Waals surface area contributed by atoms with Gasteiger partial charge in [-0.3, -0.25) is 4.79 Å². The fraction of sp³-hybridized carbons (Fsp3) is 0.100. The van der Waals surface area contributed by atoms with E-state index >= 15 is 0 Å². The highest BCUT2D eigenvalue weighted by Gasteiger charge is 2.25. The lowest BCUT2D eigenvalue weighted by atomic mass is 10.0. The zero-order valence-corrected chi connectivity index (χ0v) is 9.54. The van der Waals surface area contributed by atoms with Crippen LogP contribution in [0.3, 0.4) is 0 Å². The summed E-state index contributed by atoms with van der Waals surface area (Å²) in [6, 6.07) is 9.07. The lowest BCUT2D eigenvalue weighted by Gasteiger charge is -2.12. The summed E-state index contributed by atoms with van der Waals surface area (Å²) >= 11 is 7.86. The van der Waals surface area contributed by atoms with E-state index in [4.69, 9.17) is 11.6 Å². The number of carbonyl (C=O) groups is 1. The molecule has 0 aliphatic rings. The first-order valence-electron chi connectivity index (χ1n) is 3.56. The summed E-state index contributed by atoms with van der Waals surface area (Å²) < 4.78 is 2.61. The molecule has 0 N–H and O–H groups in total. The number of carbonyl (C=O) groups excluding carboxylic acids is 1. The molecule has 0 aromatic heterocycles. The Morgan fingerprint density at radius 2 is 2.00 bits per heavy atom. The predicted molar refractivity (Wildman–Crippen MR) is 61.8 cm³/mol. The first-order valence-corrected chi connectivity index (χ1v) is 5.02. The largest absolute Gasteiger partial charge is 0.300 e. The van der Waals surface area contributed by atoms with Gasteiger partial charge in [0.2, 0.25) is 0 Å². The van der Waals surface area contributed by atoms with Crippen LogP contribution < -0.4 is 0 Å². The van der Waals surface area contributed by atoms with Gasteiger partial charge in [0.05, 0.1) is 0 Å². The zero-order valence-electron chi connectivity index (χ0n) is 6.63. The summed E-state index contributed by atoms with van der Waals surface area (Å²) in [5, 5.41) is 0. The van der Waals surface area contributed by atoms with Crippen LogP contribution in [0.2, 0.25) is 0 Å². The third-order valence-electron chi connectivity index (χ3n) is 1.59. The Bertz CT molecular complexity index is 352. The minimum absolute atomic E-state index is 0.648. The molecule has 0 fully saturated rings. The van der Waals surface area contributed by atoms with E-state index in [0.717, 1.165) is 0 Å². The summed E-state index contributed by atoms with van der Waals surface area (Å²) in [5.74, 6) is 2.66. The maximum absolute atomic E-state index is 10.8. The summed E-state index contributed by atoms with van der Waals surface area (Å²) in [6.07, 6.45) is 0.648. The van der Waals surface area contributed by atoms with Gasteiger partial charge in [-0.05, 0) is 9.49 Å². The molecule has 0 saturated heterocycles. The van der Waals surface area contributed by atoms with Gasteiger partial charge >= 0.3 is 0 Å². The normalized spacial score (nSPS) is 13.7. The summed E-state index contributed by atoms with van der Waals surface area (Å²) in [4.78, 5) is 9.59. The number of halogens is 2. The van der Waals surface area contributed by atoms with Gasteiger partial charge in [-0.25, -0.2) is 0 Å². The maximum atomic E-state index is 10.8. The SMILES string of the molecule is O=CC(Cl)(C#CI)c1ccccc1. The first kappa shape index (κ1) is 10.6. The van der Waals surface area contributed by atoms with E-state index in [2.05, 4.69) is 9.85 Å². The number of benzene rings is 1. The fourth-order valence-corrected chi connectivity index (χ4v) is 1.68. The van der Waals surface area contributed by atoms with Crippen LogP contribution in [0.5, 0.6) is 0 Å². The molecular weight excluding hydrogens is 298 g/mol. The van der Waals surface area contributed by atoms with Crippen LogP contribution in [0.15, 0.2) is 30.3 Å². The van der Waals surface area contributed by atoms with Gasteiger partial charge in [-0.1, -0.05) is 47.9 Å². The van der Waals surface area contributed by atoms with Crippen LogP contribution >= 0.6 is 34.2 Å². The van der Waals surface area contributed by atoms with Crippen molar-refractivity contribution in [3.8, 4) is 9.85 Å². The molecular formula is C10H6ClIO. The van der Waals surface area contributed by atoms with Gasteiger partial charge in [0.25, 0.3) is 0 Å². The lowest BCUT2D eigenvalue weighted by Crippen LogP contribution is -2.17. The van der Waals surface area contributed by atoms with Crippen LogP contribution in [0.4, 0.5) is 0 Å². The van der Waals surface area contributed by atoms with E-state index in [-0.39, 0.29) is 0 Å². The minimum atomic E-state index is -1.19. The molecule has 0 heterocycles. The van der Waals surface area contributed by atoms with Crippen molar-refractivity contribution in [2.75, 3.05) is 0 Å². The van der Waals surface area contributed by atoms with E-state index in [1.54, 1.807) is 12.1 Å². The van der Waals surface area contributed by atoms with E-state index < -0.39 is 4.87 Å². The Morgan fingerprint density at radius 1 is 1.38 bits per heavy atom. The van der Waals surface area contributed by atoms with Crippen molar-refractivity contribution >= 4 is 40.5 Å². The third kappa shape index (κ3) is 2.45. The Balaban J connectivity index is 3.15. The zero-order chi connectivity index (χ0) is 9.73. The molecule has 1 rings (SSSR count). The van der Waals surface area contributed by atoms with Crippen LogP contribution in [-0.2, 0) is 9.67 Å². The number of alkyl halides is 1. The van der Waals surface area contributed by atoms with Gasteiger partial charge in [0.1, 0.15) is 0 Å². The van der Waals surface area contributed by atoms with Crippen molar-refractivity contribution in [2.45, 2.75) is 4.87 Å². The molecule has 66 valence electrons. The second-order valence-corrected chi connectivity index (χ2v) is 3.55. The molecule has 0 spiro atoms. The molecule has 1 nitrogen and oxygen atoms in total. The van der Waals surface area contributed by atoms with Crippen molar-refractivity contribution in [3.05, 3.63) is 35.9 Å². The topological polar surface area (TPSA) is 17.1 Å². The van der Waals surface area contributed by atoms with E-state index in [1.807, 2.05) is 40.8 Å². The van der Waals surface area contributed by atoms with Gasteiger partial charge in [0.15, 0.2) is 11.2 Å². The molecule has 1 aromatic rings. The third-order valence-corrected chi connectivity index (χ3v) is 2.26. The van der Waals surface area contributed by atoms with Crippen LogP contribution in [0.1, 0.15) is 5.56 Å². The minimum Gasteiger partial charge on any atom is -0.300 e. The van der Waals surface area contributed by atoms with Crippen LogP contribution in [0.25, 0.3) is 0 Å². The summed E-state index contributed by atoms with van der Waals surface area (Å²) in [7, 11) is 0. The number of hydrogen-bond donors (Lipinski definition) is 0. The van der Waals surface area contributed by atoms with Crippen molar-refractivity contribution < 1.29 is 4.79 Å². The van der Waals surface area contributed by atoms with Crippen molar-refractivity contribution in [3.63, 3.8) is 0 Å². The molecule has 1 atom stereocenters.